The van der Waals surface area contributed by atoms with Crippen molar-refractivity contribution in [2.45, 2.75) is 36.0 Å². The molecule has 8 heteroatoms. The van der Waals surface area contributed by atoms with Gasteiger partial charge in [-0.05, 0) is 41.3 Å². The number of thioether (sulfide) groups is 1. The minimum atomic E-state index is -4.19. The maximum Gasteiger partial charge on any atom is 0.282 e. The Morgan fingerprint density at radius 1 is 1.07 bits per heavy atom. The summed E-state index contributed by atoms with van der Waals surface area (Å²) in [6.07, 6.45) is 0. The molecule has 142 valence electrons. The van der Waals surface area contributed by atoms with E-state index in [-0.39, 0.29) is 26.5 Å². The molecule has 0 atom stereocenters. The first-order valence-electron chi connectivity index (χ1n) is 8.01. The summed E-state index contributed by atoms with van der Waals surface area (Å²) in [4.78, 5) is -0.0198. The molecule has 0 aliphatic carbocycles. The van der Waals surface area contributed by atoms with Crippen LogP contribution in [-0.2, 0) is 15.4 Å². The van der Waals surface area contributed by atoms with Gasteiger partial charge < -0.3 is 10.2 Å². The van der Waals surface area contributed by atoms with Crippen LogP contribution in [0.2, 0.25) is 0 Å². The van der Waals surface area contributed by atoms with E-state index >= 15 is 0 Å². The fraction of sp³-hybridized carbons (Fsp3) is 0.211. The average molecular weight is 405 g/mol. The zero-order valence-electron chi connectivity index (χ0n) is 14.8. The van der Waals surface area contributed by atoms with Crippen molar-refractivity contribution in [3.8, 4) is 0 Å². The molecule has 1 aliphatic heterocycles. The van der Waals surface area contributed by atoms with Gasteiger partial charge in [0.05, 0.1) is 10.6 Å². The van der Waals surface area contributed by atoms with Gasteiger partial charge in [0.1, 0.15) is 5.82 Å². The summed E-state index contributed by atoms with van der Waals surface area (Å²) in [6, 6.07) is 9.84. The van der Waals surface area contributed by atoms with Crippen molar-refractivity contribution in [3.63, 3.8) is 0 Å². The molecule has 2 aromatic carbocycles. The third-order valence-corrected chi connectivity index (χ3v) is 6.47. The summed E-state index contributed by atoms with van der Waals surface area (Å²) in [5.74, 6) is -2.18. The molecule has 5 nitrogen and oxygen atoms in total. The number of nitrogens with zero attached hydrogens (tertiary/aromatic N) is 1. The molecule has 0 aromatic heterocycles. The fourth-order valence-electron chi connectivity index (χ4n) is 2.59. The van der Waals surface area contributed by atoms with Crippen molar-refractivity contribution < 1.29 is 23.0 Å². The SMILES string of the molecule is CC(C)(C)c1ccc(S(=O)(=O)/N=C2/C(=C([O-])[O-])Sc3ccc(F)cc32)cc1. The minimum absolute atomic E-state index is 0.0736. The molecule has 0 amide bonds. The van der Waals surface area contributed by atoms with Crippen molar-refractivity contribution in [3.05, 3.63) is 70.3 Å². The molecule has 0 saturated heterocycles. The molecular formula is C19H16FNO4S2-2. The lowest BCUT2D eigenvalue weighted by Gasteiger charge is -2.21. The van der Waals surface area contributed by atoms with Gasteiger partial charge in [0.25, 0.3) is 10.0 Å². The number of sulfonamides is 1. The van der Waals surface area contributed by atoms with Crippen LogP contribution in [0.3, 0.4) is 0 Å². The molecule has 2 aromatic rings. The molecule has 0 bridgehead atoms. The number of hydrogen-bond donors (Lipinski definition) is 0. The Morgan fingerprint density at radius 3 is 2.26 bits per heavy atom. The quantitative estimate of drug-likeness (QED) is 0.715. The Kier molecular flexibility index (Phi) is 4.81. The largest absolute Gasteiger partial charge is 0.883 e. The molecule has 27 heavy (non-hydrogen) atoms. The smallest absolute Gasteiger partial charge is 0.282 e. The molecule has 3 rings (SSSR count). The first-order chi connectivity index (χ1) is 12.5. The lowest BCUT2D eigenvalue weighted by molar-refractivity contribution is -0.513. The highest BCUT2D eigenvalue weighted by molar-refractivity contribution is 8.04. The van der Waals surface area contributed by atoms with Gasteiger partial charge in [0.15, 0.2) is 0 Å². The van der Waals surface area contributed by atoms with Crippen LogP contribution in [0.15, 0.2) is 67.5 Å². The maximum absolute atomic E-state index is 13.6. The second kappa shape index (κ2) is 6.69. The topological polar surface area (TPSA) is 92.6 Å². The number of halogens is 1. The van der Waals surface area contributed by atoms with Crippen LogP contribution in [-0.4, -0.2) is 14.1 Å². The highest BCUT2D eigenvalue weighted by atomic mass is 32.2. The van der Waals surface area contributed by atoms with E-state index in [1.54, 1.807) is 12.1 Å². The van der Waals surface area contributed by atoms with E-state index in [1.165, 1.54) is 24.3 Å². The van der Waals surface area contributed by atoms with E-state index in [9.17, 15) is 23.0 Å². The highest BCUT2D eigenvalue weighted by Crippen LogP contribution is 2.41. The van der Waals surface area contributed by atoms with Gasteiger partial charge >= 0.3 is 0 Å². The number of fused-ring (bicyclic) bond motifs is 1. The Balaban J connectivity index is 2.11. The van der Waals surface area contributed by atoms with Crippen molar-refractivity contribution >= 4 is 27.5 Å². The van der Waals surface area contributed by atoms with Gasteiger partial charge in [-0.15, -0.1) is 0 Å². The van der Waals surface area contributed by atoms with Crippen molar-refractivity contribution in [2.75, 3.05) is 0 Å². The van der Waals surface area contributed by atoms with E-state index in [1.807, 2.05) is 20.8 Å². The van der Waals surface area contributed by atoms with Crippen LogP contribution in [0.4, 0.5) is 4.39 Å². The maximum atomic E-state index is 13.6. The third kappa shape index (κ3) is 3.86. The first-order valence-corrected chi connectivity index (χ1v) is 10.3. The first kappa shape index (κ1) is 19.4. The number of hydrogen-bond acceptors (Lipinski definition) is 5. The van der Waals surface area contributed by atoms with Gasteiger partial charge in [0.2, 0.25) is 0 Å². The summed E-state index contributed by atoms with van der Waals surface area (Å²) in [5.41, 5.74) is 0.603. The third-order valence-electron chi connectivity index (χ3n) is 4.04. The normalized spacial score (nSPS) is 15.9. The van der Waals surface area contributed by atoms with Gasteiger partial charge in [-0.1, -0.05) is 44.7 Å². The summed E-state index contributed by atoms with van der Waals surface area (Å²) in [7, 11) is -4.19. The van der Waals surface area contributed by atoms with Crippen LogP contribution in [0.1, 0.15) is 31.9 Å². The van der Waals surface area contributed by atoms with E-state index in [2.05, 4.69) is 4.40 Å². The van der Waals surface area contributed by atoms with Gasteiger partial charge in [-0.2, -0.15) is 18.8 Å². The summed E-state index contributed by atoms with van der Waals surface area (Å²) >= 11 is 0.795. The highest BCUT2D eigenvalue weighted by Gasteiger charge is 2.27. The molecule has 1 heterocycles. The van der Waals surface area contributed by atoms with E-state index in [0.717, 1.165) is 23.4 Å². The summed E-state index contributed by atoms with van der Waals surface area (Å²) < 4.78 is 42.7. The van der Waals surface area contributed by atoms with Gasteiger partial charge in [0, 0.05) is 15.4 Å². The van der Waals surface area contributed by atoms with Crippen molar-refractivity contribution in [1.82, 2.24) is 0 Å². The zero-order valence-corrected chi connectivity index (χ0v) is 16.4. The molecule has 0 unspecified atom stereocenters. The van der Waals surface area contributed by atoms with Gasteiger partial charge in [-0.3, -0.25) is 0 Å². The molecule has 1 aliphatic rings. The Morgan fingerprint density at radius 2 is 1.70 bits per heavy atom. The van der Waals surface area contributed by atoms with E-state index < -0.39 is 21.8 Å². The summed E-state index contributed by atoms with van der Waals surface area (Å²) in [6.45, 7) is 6.00. The molecule has 0 spiro atoms. The molecule has 0 N–H and O–H groups in total. The summed E-state index contributed by atoms with van der Waals surface area (Å²) in [5, 5.41) is 22.8. The van der Waals surface area contributed by atoms with Crippen molar-refractivity contribution in [1.29, 1.82) is 0 Å². The van der Waals surface area contributed by atoms with Crippen LogP contribution < -0.4 is 10.2 Å². The number of rotatable bonds is 2. The Bertz CT molecular complexity index is 1060. The number of benzene rings is 2. The second-order valence-electron chi connectivity index (χ2n) is 7.05. The molecular weight excluding hydrogens is 389 g/mol. The average Bonchev–Trinajstić information content (AvgIpc) is 2.92. The Labute approximate surface area is 161 Å². The number of allylic oxidation sites excluding steroid dienone is 1. The Hall–Kier alpha value is -2.32. The second-order valence-corrected chi connectivity index (χ2v) is 9.70. The van der Waals surface area contributed by atoms with Crippen LogP contribution in [0.25, 0.3) is 0 Å². The monoisotopic (exact) mass is 405 g/mol. The fourth-order valence-corrected chi connectivity index (χ4v) is 4.62. The van der Waals surface area contributed by atoms with Crippen molar-refractivity contribution in [2.24, 2.45) is 4.40 Å². The predicted molar refractivity (Wildman–Crippen MR) is 98.1 cm³/mol. The molecule has 0 radical (unpaired) electrons. The standard InChI is InChI=1S/C19H18FNO4S2/c1-19(2,3)11-4-7-13(8-5-11)27(24,25)21-16-14-10-12(20)6-9-15(14)26-17(16)18(22)23/h4-10,22-23H,1-3H3/p-2/b21-16+. The van der Waals surface area contributed by atoms with Gasteiger partial charge in [-0.25, -0.2) is 4.39 Å². The van der Waals surface area contributed by atoms with Crippen LogP contribution >= 0.6 is 11.8 Å². The van der Waals surface area contributed by atoms with E-state index in [0.29, 0.717) is 4.90 Å². The molecule has 0 saturated carbocycles. The lowest BCUT2D eigenvalue weighted by atomic mass is 9.87. The minimum Gasteiger partial charge on any atom is -0.883 e. The molecule has 0 fully saturated rings. The van der Waals surface area contributed by atoms with Crippen LogP contribution in [0, 0.1) is 5.82 Å². The predicted octanol–water partition coefficient (Wildman–Crippen LogP) is 2.30. The zero-order chi connectivity index (χ0) is 20.0. The van der Waals surface area contributed by atoms with E-state index in [4.69, 9.17) is 0 Å². The lowest BCUT2D eigenvalue weighted by Crippen LogP contribution is -2.22. The van der Waals surface area contributed by atoms with Crippen LogP contribution in [0.5, 0.6) is 0 Å².